The fourth-order valence-electron chi connectivity index (χ4n) is 9.70. The summed E-state index contributed by atoms with van der Waals surface area (Å²) in [5.74, 6) is -5.45. The Labute approximate surface area is 491 Å². The van der Waals surface area contributed by atoms with Crippen LogP contribution in [-0.4, -0.2) is 157 Å². The van der Waals surface area contributed by atoms with Gasteiger partial charge in [0.2, 0.25) is 35.4 Å². The molecule has 0 bridgehead atoms. The number of ether oxygens (including phenoxy) is 2. The summed E-state index contributed by atoms with van der Waals surface area (Å²) in [5.41, 5.74) is 5.08. The van der Waals surface area contributed by atoms with Gasteiger partial charge in [0.05, 0.1) is 30.8 Å². The van der Waals surface area contributed by atoms with E-state index in [-0.39, 0.29) is 98.1 Å². The molecular formula is C59H101N9O15. The first-order valence-corrected chi connectivity index (χ1v) is 29.1. The number of rotatable bonds is 39. The number of carbonyl (C=O) groups excluding carboxylic acids is 7. The lowest BCUT2D eigenvalue weighted by Gasteiger charge is -2.33. The van der Waals surface area contributed by atoms with Crippen molar-refractivity contribution in [3.05, 3.63) is 29.8 Å². The predicted octanol–water partition coefficient (Wildman–Crippen LogP) is 4.63. The minimum absolute atomic E-state index is 0.00359. The lowest BCUT2D eigenvalue weighted by atomic mass is 9.72. The third-order valence-corrected chi connectivity index (χ3v) is 14.2. The number of aliphatic carboxylic acids is 3. The Morgan fingerprint density at radius 1 is 0.590 bits per heavy atom. The average Bonchev–Trinajstić information content (AvgIpc) is 3.54. The van der Waals surface area contributed by atoms with Crippen molar-refractivity contribution in [1.29, 1.82) is 0 Å². The molecule has 3 atom stereocenters. The standard InChI is InChI=1S/C47H78N8O12.C12H23NO3/c1-31-10-12-33(13-11-31)42(61)55-37(45(64)65)18-20-38(56)54-36(19-21-40(58)59)44(63)52-28-30-67-47(4,5)24-29-66-46(2,3)23-22-39(57)53-35(43(62)49-6)9-7-8-26-51-41(60)32-14-16-34(17-15-32)50-27-25-48;1-11(2,6-9(14)13-5)8-12(3,4)7-10(15)16/h14-17,31,33,35-37,50H,7-13,18-30,48H2,1-6H3,(H,49,62)(H,51,60)(H,52,63)(H,53,57)(H,54,56)(H,55,61)(H,58,59)(H,64,65);6-8H2,1-5H3,(H,13,14)(H,15,16). The van der Waals surface area contributed by atoms with Crippen LogP contribution in [0.15, 0.2) is 24.3 Å². The monoisotopic (exact) mass is 1180 g/mol. The van der Waals surface area contributed by atoms with Gasteiger partial charge in [-0.2, -0.15) is 0 Å². The Bertz CT molecular complexity index is 2230. The maximum atomic E-state index is 13.1. The zero-order valence-electron chi connectivity index (χ0n) is 51.3. The summed E-state index contributed by atoms with van der Waals surface area (Å²) >= 11 is 0. The number of carbonyl (C=O) groups is 10. The zero-order chi connectivity index (χ0) is 63.0. The van der Waals surface area contributed by atoms with Crippen LogP contribution >= 0.6 is 0 Å². The third-order valence-electron chi connectivity index (χ3n) is 14.2. The van der Waals surface area contributed by atoms with Crippen LogP contribution in [0.4, 0.5) is 5.69 Å². The highest BCUT2D eigenvalue weighted by atomic mass is 16.5. The van der Waals surface area contributed by atoms with Gasteiger partial charge >= 0.3 is 17.9 Å². The van der Waals surface area contributed by atoms with Gasteiger partial charge in [-0.25, -0.2) is 4.79 Å². The Morgan fingerprint density at radius 2 is 1.16 bits per heavy atom. The van der Waals surface area contributed by atoms with E-state index in [1.165, 1.54) is 7.05 Å². The summed E-state index contributed by atoms with van der Waals surface area (Å²) in [6.45, 7) is 19.3. The molecule has 13 N–H and O–H groups in total. The van der Waals surface area contributed by atoms with E-state index < -0.39 is 65.5 Å². The Morgan fingerprint density at radius 3 is 1.72 bits per heavy atom. The van der Waals surface area contributed by atoms with E-state index in [0.717, 1.165) is 18.5 Å². The highest BCUT2D eigenvalue weighted by Crippen LogP contribution is 2.38. The van der Waals surface area contributed by atoms with Crippen LogP contribution in [-0.2, 0) is 52.6 Å². The molecule has 472 valence electrons. The van der Waals surface area contributed by atoms with Crippen LogP contribution in [0, 0.1) is 22.7 Å². The minimum atomic E-state index is -1.29. The van der Waals surface area contributed by atoms with Crippen molar-refractivity contribution in [3.8, 4) is 0 Å². The van der Waals surface area contributed by atoms with Crippen LogP contribution < -0.4 is 48.3 Å². The second-order valence-corrected chi connectivity index (χ2v) is 24.4. The van der Waals surface area contributed by atoms with Crippen molar-refractivity contribution in [2.75, 3.05) is 58.8 Å². The topological polar surface area (TPSA) is 372 Å². The maximum absolute atomic E-state index is 13.1. The molecule has 1 aliphatic carbocycles. The van der Waals surface area contributed by atoms with Crippen molar-refractivity contribution < 1.29 is 72.7 Å². The van der Waals surface area contributed by atoms with Gasteiger partial charge in [-0.3, -0.25) is 43.2 Å². The summed E-state index contributed by atoms with van der Waals surface area (Å²) in [6.07, 6.45) is 5.79. The van der Waals surface area contributed by atoms with Crippen LogP contribution in [0.1, 0.15) is 182 Å². The molecule has 0 heterocycles. The molecule has 0 spiro atoms. The summed E-state index contributed by atoms with van der Waals surface area (Å²) < 4.78 is 12.1. The lowest BCUT2D eigenvalue weighted by molar-refractivity contribution is -0.143. The van der Waals surface area contributed by atoms with Crippen molar-refractivity contribution in [2.24, 2.45) is 28.4 Å². The highest BCUT2D eigenvalue weighted by molar-refractivity contribution is 5.94. The van der Waals surface area contributed by atoms with Gasteiger partial charge in [-0.1, -0.05) is 34.6 Å². The Balaban J connectivity index is 0.00000186. The fraction of sp³-hybridized carbons (Fsp3) is 0.729. The normalized spacial score (nSPS) is 15.6. The molecule has 7 amide bonds. The molecule has 3 unspecified atom stereocenters. The molecule has 24 heteroatoms. The first kappa shape index (κ1) is 74.6. The number of hydrogen-bond donors (Lipinski definition) is 12. The molecule has 24 nitrogen and oxygen atoms in total. The Kier molecular flexibility index (Phi) is 33.9. The molecule has 1 aromatic carbocycles. The van der Waals surface area contributed by atoms with Gasteiger partial charge in [0.25, 0.3) is 5.91 Å². The molecule has 0 aliphatic heterocycles. The van der Waals surface area contributed by atoms with Crippen LogP contribution in [0.25, 0.3) is 0 Å². The number of likely N-dealkylation sites (N-methyl/N-ethyl adjacent to an activating group) is 1. The molecule has 1 aliphatic rings. The lowest BCUT2D eigenvalue weighted by Crippen LogP contribution is -2.49. The number of nitrogens with two attached hydrogens (primary N) is 1. The number of amides is 7. The van der Waals surface area contributed by atoms with Gasteiger partial charge < -0.3 is 73.1 Å². The smallest absolute Gasteiger partial charge is 0.326 e. The van der Waals surface area contributed by atoms with Crippen molar-refractivity contribution in [3.63, 3.8) is 0 Å². The second-order valence-electron chi connectivity index (χ2n) is 24.4. The van der Waals surface area contributed by atoms with Crippen molar-refractivity contribution in [2.45, 2.75) is 201 Å². The maximum Gasteiger partial charge on any atom is 0.326 e. The highest BCUT2D eigenvalue weighted by Gasteiger charge is 2.33. The number of hydrogen-bond acceptors (Lipinski definition) is 14. The number of carboxylic acid groups (broad SMARTS) is 3. The van der Waals surface area contributed by atoms with Crippen molar-refractivity contribution in [1.82, 2.24) is 37.2 Å². The van der Waals surface area contributed by atoms with E-state index >= 15 is 0 Å². The van der Waals surface area contributed by atoms with E-state index in [9.17, 15) is 58.2 Å². The molecule has 0 saturated heterocycles. The predicted molar refractivity (Wildman–Crippen MR) is 315 cm³/mol. The van der Waals surface area contributed by atoms with Gasteiger partial charge in [0.15, 0.2) is 0 Å². The van der Waals surface area contributed by atoms with E-state index in [2.05, 4.69) is 49.5 Å². The van der Waals surface area contributed by atoms with Crippen molar-refractivity contribution >= 4 is 64.9 Å². The molecule has 1 fully saturated rings. The molecule has 0 radical (unpaired) electrons. The van der Waals surface area contributed by atoms with Gasteiger partial charge in [-0.15, -0.1) is 0 Å². The van der Waals surface area contributed by atoms with Crippen LogP contribution in [0.5, 0.6) is 0 Å². The van der Waals surface area contributed by atoms with E-state index in [0.29, 0.717) is 88.9 Å². The first-order chi connectivity index (χ1) is 38.7. The van der Waals surface area contributed by atoms with Gasteiger partial charge in [0.1, 0.15) is 18.1 Å². The van der Waals surface area contributed by atoms with Crippen LogP contribution in [0.2, 0.25) is 0 Å². The molecule has 2 rings (SSSR count). The van der Waals surface area contributed by atoms with E-state index in [1.807, 2.05) is 67.5 Å². The first-order valence-electron chi connectivity index (χ1n) is 29.1. The summed E-state index contributed by atoms with van der Waals surface area (Å²) in [6, 6.07) is 3.87. The second kappa shape index (κ2) is 37.7. The SMILES string of the molecule is CNC(=O)C(CCCCNC(=O)c1ccc(NCCN)cc1)NC(=O)CCC(C)(C)OCCC(C)(C)OCCNC(=O)C(CCC(=O)O)NC(=O)CCC(NC(=O)C1CCC(C)CC1)C(=O)O.CNC(=O)CC(C)(C)CC(C)(C)CC(=O)O. The number of carboxylic acids is 3. The number of nitrogens with one attached hydrogen (secondary N) is 8. The largest absolute Gasteiger partial charge is 0.481 e. The molecule has 83 heavy (non-hydrogen) atoms. The molecule has 1 saturated carbocycles. The minimum Gasteiger partial charge on any atom is -0.481 e. The van der Waals surface area contributed by atoms with E-state index in [4.69, 9.17) is 20.3 Å². The summed E-state index contributed by atoms with van der Waals surface area (Å²) in [5, 5.41) is 49.5. The number of anilines is 1. The summed E-state index contributed by atoms with van der Waals surface area (Å²) in [7, 11) is 3.12. The molecule has 1 aromatic rings. The van der Waals surface area contributed by atoms with Gasteiger partial charge in [-0.05, 0) is 146 Å². The average molecular weight is 1180 g/mol. The zero-order valence-corrected chi connectivity index (χ0v) is 51.3. The quantitative estimate of drug-likeness (QED) is 0.0400. The number of unbranched alkanes of at least 4 members (excludes halogenated alkanes) is 1. The number of benzene rings is 1. The van der Waals surface area contributed by atoms with E-state index in [1.54, 1.807) is 19.2 Å². The molecular weight excluding hydrogens is 1070 g/mol. The fourth-order valence-corrected chi connectivity index (χ4v) is 9.70. The Hall–Kier alpha value is -6.40. The van der Waals surface area contributed by atoms with Crippen LogP contribution in [0.3, 0.4) is 0 Å². The third kappa shape index (κ3) is 34.1. The summed E-state index contributed by atoms with van der Waals surface area (Å²) in [4.78, 5) is 122. The van der Waals surface area contributed by atoms with Gasteiger partial charge in [0, 0.05) is 83.1 Å². The molecule has 0 aromatic heterocycles.